The number of anilines is 1. The molecule has 1 unspecified atom stereocenters. The number of sulfonamides is 1. The quantitative estimate of drug-likeness (QED) is 0.558. The van der Waals surface area contributed by atoms with Gasteiger partial charge in [-0.2, -0.15) is 8.78 Å². The summed E-state index contributed by atoms with van der Waals surface area (Å²) in [5.41, 5.74) is 0.768. The van der Waals surface area contributed by atoms with Crippen molar-refractivity contribution in [3.05, 3.63) is 54.1 Å². The predicted molar refractivity (Wildman–Crippen MR) is 118 cm³/mol. The molecule has 0 aromatic heterocycles. The maximum atomic E-state index is 12.9. The van der Waals surface area contributed by atoms with E-state index in [4.69, 9.17) is 0 Å². The fourth-order valence-electron chi connectivity index (χ4n) is 3.85. The van der Waals surface area contributed by atoms with Crippen molar-refractivity contribution in [2.45, 2.75) is 30.4 Å². The zero-order valence-electron chi connectivity index (χ0n) is 17.7. The van der Waals surface area contributed by atoms with E-state index >= 15 is 0 Å². The number of alkyl halides is 2. The molecular formula is C22H25F2N3O5S. The lowest BCUT2D eigenvalue weighted by Gasteiger charge is -2.38. The standard InChI is InChI=1S/C22H25F2N3O5S/c23-21(24)33(31,32)25-18-3-1-2-17(14-18)15-4-6-16(7-5-15)19(28)26-10-12-27(13-11-26)20(29)22(30)8-9-22/h1-7,14,20-21,25,29-30H,8-13H2. The van der Waals surface area contributed by atoms with Crippen LogP contribution in [0.3, 0.4) is 0 Å². The average molecular weight is 482 g/mol. The normalized spacial score (nSPS) is 19.4. The number of nitrogens with one attached hydrogen (secondary N) is 1. The molecule has 2 aromatic carbocycles. The van der Waals surface area contributed by atoms with Crippen molar-refractivity contribution in [3.8, 4) is 11.1 Å². The SMILES string of the molecule is O=C(c1ccc(-c2cccc(NS(=O)(=O)C(F)F)c2)cc1)N1CCN(C(O)C2(O)CC2)CC1. The molecule has 8 nitrogen and oxygen atoms in total. The Balaban J connectivity index is 1.39. The maximum Gasteiger partial charge on any atom is 0.355 e. The molecule has 11 heteroatoms. The summed E-state index contributed by atoms with van der Waals surface area (Å²) in [5.74, 6) is -3.69. The Hall–Kier alpha value is -2.60. The number of amides is 1. The minimum absolute atomic E-state index is 0.0175. The summed E-state index contributed by atoms with van der Waals surface area (Å²) in [6.07, 6.45) is 0.261. The van der Waals surface area contributed by atoms with Gasteiger partial charge in [-0.15, -0.1) is 0 Å². The average Bonchev–Trinajstić information content (AvgIpc) is 3.56. The monoisotopic (exact) mass is 481 g/mol. The Bertz CT molecular complexity index is 1120. The molecule has 1 saturated heterocycles. The van der Waals surface area contributed by atoms with Gasteiger partial charge in [0.15, 0.2) is 0 Å². The number of rotatable bonds is 7. The number of benzene rings is 2. The van der Waals surface area contributed by atoms with Crippen LogP contribution in [0.25, 0.3) is 11.1 Å². The zero-order chi connectivity index (χ0) is 23.8. The Labute approximate surface area is 190 Å². The number of piperazine rings is 1. The van der Waals surface area contributed by atoms with Crippen molar-refractivity contribution < 1.29 is 32.2 Å². The van der Waals surface area contributed by atoms with Crippen LogP contribution < -0.4 is 4.72 Å². The van der Waals surface area contributed by atoms with Gasteiger partial charge in [0.05, 0.1) is 0 Å². The van der Waals surface area contributed by atoms with Gasteiger partial charge in [-0.05, 0) is 48.2 Å². The molecule has 0 bridgehead atoms. The number of hydrogen-bond acceptors (Lipinski definition) is 6. The molecule has 1 heterocycles. The van der Waals surface area contributed by atoms with Crippen LogP contribution in [0.4, 0.5) is 14.5 Å². The summed E-state index contributed by atoms with van der Waals surface area (Å²) < 4.78 is 49.8. The van der Waals surface area contributed by atoms with Gasteiger partial charge in [-0.3, -0.25) is 14.4 Å². The predicted octanol–water partition coefficient (Wildman–Crippen LogP) is 1.92. The summed E-state index contributed by atoms with van der Waals surface area (Å²) >= 11 is 0. The molecule has 178 valence electrons. The smallest absolute Gasteiger partial charge is 0.355 e. The van der Waals surface area contributed by atoms with Crippen molar-refractivity contribution in [1.29, 1.82) is 0 Å². The van der Waals surface area contributed by atoms with Gasteiger partial charge in [-0.25, -0.2) is 8.42 Å². The lowest BCUT2D eigenvalue weighted by Crippen LogP contribution is -2.55. The second kappa shape index (κ2) is 8.98. The van der Waals surface area contributed by atoms with Crippen LogP contribution >= 0.6 is 0 Å². The number of aliphatic hydroxyl groups is 2. The highest BCUT2D eigenvalue weighted by Crippen LogP contribution is 2.39. The van der Waals surface area contributed by atoms with E-state index in [9.17, 15) is 32.2 Å². The van der Waals surface area contributed by atoms with Gasteiger partial charge in [0, 0.05) is 37.4 Å². The third kappa shape index (κ3) is 5.16. The summed E-state index contributed by atoms with van der Waals surface area (Å²) in [4.78, 5) is 16.3. The molecule has 0 radical (unpaired) electrons. The first-order valence-corrected chi connectivity index (χ1v) is 12.1. The molecule has 0 spiro atoms. The number of nitrogens with zero attached hydrogens (tertiary/aromatic N) is 2. The topological polar surface area (TPSA) is 110 Å². The van der Waals surface area contributed by atoms with Gasteiger partial charge in [0.2, 0.25) is 0 Å². The molecular weight excluding hydrogens is 456 g/mol. The third-order valence-corrected chi connectivity index (χ3v) is 7.00. The molecule has 2 aliphatic rings. The summed E-state index contributed by atoms with van der Waals surface area (Å²) in [6, 6.07) is 12.8. The second-order valence-electron chi connectivity index (χ2n) is 8.37. The Morgan fingerprint density at radius 2 is 1.64 bits per heavy atom. The highest BCUT2D eigenvalue weighted by Gasteiger charge is 2.50. The van der Waals surface area contributed by atoms with Crippen LogP contribution in [0.1, 0.15) is 23.2 Å². The fraction of sp³-hybridized carbons (Fsp3) is 0.409. The van der Waals surface area contributed by atoms with E-state index in [-0.39, 0.29) is 11.6 Å². The molecule has 2 aromatic rings. The maximum absolute atomic E-state index is 12.9. The molecule has 1 aliphatic heterocycles. The van der Waals surface area contributed by atoms with E-state index in [1.54, 1.807) is 46.2 Å². The lowest BCUT2D eigenvalue weighted by atomic mass is 10.0. The zero-order valence-corrected chi connectivity index (χ0v) is 18.5. The van der Waals surface area contributed by atoms with Crippen molar-refractivity contribution in [2.75, 3.05) is 30.9 Å². The number of hydrogen-bond donors (Lipinski definition) is 3. The van der Waals surface area contributed by atoms with Gasteiger partial charge < -0.3 is 15.1 Å². The van der Waals surface area contributed by atoms with Crippen molar-refractivity contribution >= 4 is 21.6 Å². The molecule has 1 atom stereocenters. The van der Waals surface area contributed by atoms with Crippen molar-refractivity contribution in [3.63, 3.8) is 0 Å². The van der Waals surface area contributed by atoms with Gasteiger partial charge in [-0.1, -0.05) is 24.3 Å². The Morgan fingerprint density at radius 1 is 1.00 bits per heavy atom. The Morgan fingerprint density at radius 3 is 2.21 bits per heavy atom. The second-order valence-corrected chi connectivity index (χ2v) is 10.0. The molecule has 33 heavy (non-hydrogen) atoms. The van der Waals surface area contributed by atoms with Crippen LogP contribution in [-0.2, 0) is 10.0 Å². The first-order chi connectivity index (χ1) is 15.6. The van der Waals surface area contributed by atoms with Crippen LogP contribution in [0.2, 0.25) is 0 Å². The molecule has 1 saturated carbocycles. The lowest BCUT2D eigenvalue weighted by molar-refractivity contribution is -0.108. The molecule has 1 amide bonds. The van der Waals surface area contributed by atoms with Crippen LogP contribution in [0.5, 0.6) is 0 Å². The van der Waals surface area contributed by atoms with Gasteiger partial charge in [0.1, 0.15) is 11.8 Å². The van der Waals surface area contributed by atoms with E-state index in [0.717, 1.165) is 0 Å². The van der Waals surface area contributed by atoms with Crippen LogP contribution in [-0.4, -0.2) is 78.1 Å². The molecule has 2 fully saturated rings. The molecule has 3 N–H and O–H groups in total. The van der Waals surface area contributed by atoms with Gasteiger partial charge in [0.25, 0.3) is 15.9 Å². The highest BCUT2D eigenvalue weighted by atomic mass is 32.2. The molecule has 1 aliphatic carbocycles. The highest BCUT2D eigenvalue weighted by molar-refractivity contribution is 7.93. The van der Waals surface area contributed by atoms with E-state index in [1.807, 2.05) is 4.72 Å². The third-order valence-electron chi connectivity index (χ3n) is 6.01. The first-order valence-electron chi connectivity index (χ1n) is 10.5. The van der Waals surface area contributed by atoms with E-state index in [0.29, 0.717) is 55.7 Å². The minimum atomic E-state index is -4.76. The number of halogens is 2. The van der Waals surface area contributed by atoms with Crippen LogP contribution in [0.15, 0.2) is 48.5 Å². The van der Waals surface area contributed by atoms with Crippen molar-refractivity contribution in [1.82, 2.24) is 9.80 Å². The minimum Gasteiger partial charge on any atom is -0.386 e. The van der Waals surface area contributed by atoms with E-state index in [2.05, 4.69) is 0 Å². The van der Waals surface area contributed by atoms with E-state index in [1.165, 1.54) is 12.1 Å². The van der Waals surface area contributed by atoms with Gasteiger partial charge >= 0.3 is 5.76 Å². The summed E-state index contributed by atoms with van der Waals surface area (Å²) in [5, 5.41) is 20.3. The fourth-order valence-corrected chi connectivity index (χ4v) is 4.40. The number of carbonyl (C=O) groups excluding carboxylic acids is 1. The van der Waals surface area contributed by atoms with Crippen LogP contribution in [0, 0.1) is 0 Å². The molecule has 4 rings (SSSR count). The summed E-state index contributed by atoms with van der Waals surface area (Å²) in [7, 11) is -4.76. The largest absolute Gasteiger partial charge is 0.386 e. The number of carbonyl (C=O) groups is 1. The van der Waals surface area contributed by atoms with E-state index < -0.39 is 27.6 Å². The Kier molecular flexibility index (Phi) is 6.41. The summed E-state index contributed by atoms with van der Waals surface area (Å²) in [6.45, 7) is 1.79. The first kappa shape index (κ1) is 23.6. The number of aliphatic hydroxyl groups excluding tert-OH is 1. The van der Waals surface area contributed by atoms with Crippen molar-refractivity contribution in [2.24, 2.45) is 0 Å².